The summed E-state index contributed by atoms with van der Waals surface area (Å²) in [4.78, 5) is 17.4. The van der Waals surface area contributed by atoms with E-state index in [9.17, 15) is 18.0 Å². The highest BCUT2D eigenvalue weighted by Crippen LogP contribution is 2.31. The first-order valence-corrected chi connectivity index (χ1v) is 9.17. The number of alkyl halides is 3. The molecule has 0 saturated carbocycles. The van der Waals surface area contributed by atoms with E-state index in [4.69, 9.17) is 11.6 Å². The van der Waals surface area contributed by atoms with Crippen LogP contribution in [-0.2, 0) is 13.2 Å². The number of carbonyl (C=O) groups is 1. The molecule has 0 aliphatic carbocycles. The van der Waals surface area contributed by atoms with E-state index in [-0.39, 0.29) is 0 Å². The van der Waals surface area contributed by atoms with Gasteiger partial charge in [-0.15, -0.1) is 0 Å². The number of carbonyl (C=O) groups excluding carboxylic acids is 1. The molecule has 1 amide bonds. The molecule has 0 aliphatic rings. The first-order chi connectivity index (χ1) is 14.2. The highest BCUT2D eigenvalue weighted by molar-refractivity contribution is 6.30. The van der Waals surface area contributed by atoms with Crippen LogP contribution in [0.15, 0.2) is 60.8 Å². The summed E-state index contributed by atoms with van der Waals surface area (Å²) in [6, 6.07) is 12.8. The summed E-state index contributed by atoms with van der Waals surface area (Å²) < 4.78 is 40.1. The first kappa shape index (κ1) is 19.9. The van der Waals surface area contributed by atoms with Crippen LogP contribution in [-0.4, -0.2) is 20.7 Å². The van der Waals surface area contributed by atoms with Crippen molar-refractivity contribution in [3.05, 3.63) is 76.9 Å². The van der Waals surface area contributed by atoms with Gasteiger partial charge in [0.15, 0.2) is 5.65 Å². The fourth-order valence-corrected chi connectivity index (χ4v) is 3.14. The largest absolute Gasteiger partial charge is 0.416 e. The zero-order chi connectivity index (χ0) is 21.5. The molecular formula is C21H14ClF3N4O. The van der Waals surface area contributed by atoms with E-state index in [1.807, 2.05) is 0 Å². The number of anilines is 1. The maximum absolute atomic E-state index is 12.9. The number of halogens is 4. The van der Waals surface area contributed by atoms with E-state index >= 15 is 0 Å². The smallest absolute Gasteiger partial charge is 0.322 e. The molecule has 0 fully saturated rings. The molecule has 0 bridgehead atoms. The standard InChI is InChI=1S/C21H14ClF3N4O/c1-29-19-17(11-26-29)16(20(30)27-15-8-6-14(22)7-9-15)10-18(28-19)12-2-4-13(5-3-12)21(23,24)25/h2-11H,1H3,(H,27,30). The molecule has 2 aromatic carbocycles. The fraction of sp³-hybridized carbons (Fsp3) is 0.0952. The average Bonchev–Trinajstić information content (AvgIpc) is 3.09. The van der Waals surface area contributed by atoms with Crippen molar-refractivity contribution in [1.82, 2.24) is 14.8 Å². The minimum absolute atomic E-state index is 0.304. The molecule has 4 rings (SSSR count). The van der Waals surface area contributed by atoms with Crippen molar-refractivity contribution in [1.29, 1.82) is 0 Å². The molecule has 9 heteroatoms. The molecule has 0 unspecified atom stereocenters. The quantitative estimate of drug-likeness (QED) is 0.463. The van der Waals surface area contributed by atoms with Gasteiger partial charge in [0.05, 0.1) is 28.4 Å². The lowest BCUT2D eigenvalue weighted by atomic mass is 10.0. The number of hydrogen-bond acceptors (Lipinski definition) is 3. The Morgan fingerprint density at radius 2 is 1.73 bits per heavy atom. The zero-order valence-electron chi connectivity index (χ0n) is 15.5. The highest BCUT2D eigenvalue weighted by atomic mass is 35.5. The van der Waals surface area contributed by atoms with E-state index in [2.05, 4.69) is 15.4 Å². The van der Waals surface area contributed by atoms with Gasteiger partial charge in [0.2, 0.25) is 0 Å². The van der Waals surface area contributed by atoms with Gasteiger partial charge in [-0.3, -0.25) is 9.48 Å². The minimum Gasteiger partial charge on any atom is -0.322 e. The summed E-state index contributed by atoms with van der Waals surface area (Å²) in [6.45, 7) is 0. The van der Waals surface area contributed by atoms with Crippen LogP contribution in [0.2, 0.25) is 5.02 Å². The average molecular weight is 431 g/mol. The van der Waals surface area contributed by atoms with Gasteiger partial charge >= 0.3 is 6.18 Å². The van der Waals surface area contributed by atoms with Gasteiger partial charge in [0, 0.05) is 23.3 Å². The predicted molar refractivity (Wildman–Crippen MR) is 108 cm³/mol. The lowest BCUT2D eigenvalue weighted by molar-refractivity contribution is -0.137. The summed E-state index contributed by atoms with van der Waals surface area (Å²) >= 11 is 5.87. The van der Waals surface area contributed by atoms with Crippen molar-refractivity contribution >= 4 is 34.2 Å². The second kappa shape index (κ2) is 7.46. The Hall–Kier alpha value is -3.39. The maximum Gasteiger partial charge on any atom is 0.416 e. The third-order valence-corrected chi connectivity index (χ3v) is 4.81. The highest BCUT2D eigenvalue weighted by Gasteiger charge is 2.30. The summed E-state index contributed by atoms with van der Waals surface area (Å²) in [5, 5.41) is 8.00. The summed E-state index contributed by atoms with van der Waals surface area (Å²) in [7, 11) is 1.67. The van der Waals surface area contributed by atoms with Crippen LogP contribution in [0, 0.1) is 0 Å². The number of aromatic nitrogens is 3. The number of amides is 1. The number of fused-ring (bicyclic) bond motifs is 1. The molecule has 152 valence electrons. The van der Waals surface area contributed by atoms with Gasteiger partial charge in [-0.25, -0.2) is 4.98 Å². The molecule has 0 saturated heterocycles. The van der Waals surface area contributed by atoms with Crippen LogP contribution in [0.5, 0.6) is 0 Å². The van der Waals surface area contributed by atoms with E-state index in [0.717, 1.165) is 12.1 Å². The second-order valence-corrected chi connectivity index (χ2v) is 7.03. The van der Waals surface area contributed by atoms with Crippen molar-refractivity contribution < 1.29 is 18.0 Å². The van der Waals surface area contributed by atoms with Gasteiger partial charge in [0.25, 0.3) is 5.91 Å². The van der Waals surface area contributed by atoms with Crippen LogP contribution in [0.3, 0.4) is 0 Å². The Morgan fingerprint density at radius 3 is 2.37 bits per heavy atom. The lowest BCUT2D eigenvalue weighted by Gasteiger charge is -2.10. The Kier molecular flexibility index (Phi) is 4.95. The van der Waals surface area contributed by atoms with Gasteiger partial charge < -0.3 is 5.32 Å². The third-order valence-electron chi connectivity index (χ3n) is 4.56. The van der Waals surface area contributed by atoms with Crippen molar-refractivity contribution in [2.75, 3.05) is 5.32 Å². The molecule has 5 nitrogen and oxygen atoms in total. The topological polar surface area (TPSA) is 59.8 Å². The van der Waals surface area contributed by atoms with Crippen LogP contribution in [0.4, 0.5) is 18.9 Å². The van der Waals surface area contributed by atoms with E-state index in [1.165, 1.54) is 29.1 Å². The number of aryl methyl sites for hydroxylation is 1. The van der Waals surface area contributed by atoms with E-state index in [0.29, 0.717) is 38.6 Å². The second-order valence-electron chi connectivity index (χ2n) is 6.60. The normalized spacial score (nSPS) is 11.6. The Balaban J connectivity index is 1.76. The SMILES string of the molecule is Cn1ncc2c(C(=O)Nc3ccc(Cl)cc3)cc(-c3ccc(C(F)(F)F)cc3)nc21. The molecule has 4 aromatic rings. The molecule has 0 atom stereocenters. The number of nitrogens with zero attached hydrogens (tertiary/aromatic N) is 3. The van der Waals surface area contributed by atoms with Crippen LogP contribution >= 0.6 is 11.6 Å². The Labute approximate surface area is 174 Å². The number of pyridine rings is 1. The fourth-order valence-electron chi connectivity index (χ4n) is 3.01. The number of rotatable bonds is 3. The number of hydrogen-bond donors (Lipinski definition) is 1. The van der Waals surface area contributed by atoms with Gasteiger partial charge in [-0.2, -0.15) is 18.3 Å². The Morgan fingerprint density at radius 1 is 1.07 bits per heavy atom. The summed E-state index contributed by atoms with van der Waals surface area (Å²) in [5.41, 5.74) is 1.35. The van der Waals surface area contributed by atoms with Crippen LogP contribution in [0.25, 0.3) is 22.3 Å². The lowest BCUT2D eigenvalue weighted by Crippen LogP contribution is -2.13. The summed E-state index contributed by atoms with van der Waals surface area (Å²) in [6.07, 6.45) is -2.91. The number of benzene rings is 2. The molecule has 30 heavy (non-hydrogen) atoms. The first-order valence-electron chi connectivity index (χ1n) is 8.80. The zero-order valence-corrected chi connectivity index (χ0v) is 16.3. The molecule has 0 spiro atoms. The number of nitrogens with one attached hydrogen (secondary N) is 1. The van der Waals surface area contributed by atoms with Gasteiger partial charge in [0.1, 0.15) is 0 Å². The van der Waals surface area contributed by atoms with Crippen LogP contribution in [0.1, 0.15) is 15.9 Å². The van der Waals surface area contributed by atoms with Crippen LogP contribution < -0.4 is 5.32 Å². The minimum atomic E-state index is -4.43. The van der Waals surface area contributed by atoms with E-state index < -0.39 is 17.6 Å². The molecule has 0 radical (unpaired) electrons. The monoisotopic (exact) mass is 430 g/mol. The molecule has 2 aromatic heterocycles. The van der Waals surface area contributed by atoms with Crippen molar-refractivity contribution in [2.45, 2.75) is 6.18 Å². The molecule has 2 heterocycles. The third kappa shape index (κ3) is 3.86. The summed E-state index contributed by atoms with van der Waals surface area (Å²) in [5.74, 6) is -0.397. The molecule has 1 N–H and O–H groups in total. The molecular weight excluding hydrogens is 417 g/mol. The maximum atomic E-state index is 12.9. The van der Waals surface area contributed by atoms with Crippen molar-refractivity contribution in [2.24, 2.45) is 7.05 Å². The van der Waals surface area contributed by atoms with Crippen molar-refractivity contribution in [3.63, 3.8) is 0 Å². The Bertz CT molecular complexity index is 1230. The molecule has 0 aliphatic heterocycles. The van der Waals surface area contributed by atoms with E-state index in [1.54, 1.807) is 31.3 Å². The van der Waals surface area contributed by atoms with Gasteiger partial charge in [-0.1, -0.05) is 23.7 Å². The van der Waals surface area contributed by atoms with Crippen molar-refractivity contribution in [3.8, 4) is 11.3 Å². The van der Waals surface area contributed by atoms with Gasteiger partial charge in [-0.05, 0) is 42.5 Å². The predicted octanol–water partition coefficient (Wildman–Crippen LogP) is 5.56.